The van der Waals surface area contributed by atoms with E-state index >= 15 is 0 Å². The zero-order chi connectivity index (χ0) is 10.9. The molecule has 15 heavy (non-hydrogen) atoms. The van der Waals surface area contributed by atoms with Crippen molar-refractivity contribution in [2.45, 2.75) is 6.04 Å². The van der Waals surface area contributed by atoms with Crippen molar-refractivity contribution in [3.05, 3.63) is 34.9 Å². The summed E-state index contributed by atoms with van der Waals surface area (Å²) in [7, 11) is -2.89. The Kier molecular flexibility index (Phi) is 3.00. The van der Waals surface area contributed by atoms with Crippen LogP contribution in [0.5, 0.6) is 0 Å². The summed E-state index contributed by atoms with van der Waals surface area (Å²) in [6, 6.07) is 7.18. The van der Waals surface area contributed by atoms with Crippen LogP contribution in [0.2, 0.25) is 5.02 Å². The number of rotatable bonds is 1. The van der Waals surface area contributed by atoms with Gasteiger partial charge in [0.2, 0.25) is 0 Å². The van der Waals surface area contributed by atoms with Gasteiger partial charge in [0.25, 0.3) is 0 Å². The summed E-state index contributed by atoms with van der Waals surface area (Å²) < 4.78 is 22.9. The Hall–Kier alpha value is -0.580. The maximum atomic E-state index is 11.4. The highest BCUT2D eigenvalue weighted by Gasteiger charge is 2.25. The zero-order valence-corrected chi connectivity index (χ0v) is 9.68. The lowest BCUT2D eigenvalue weighted by Crippen LogP contribution is -2.39. The molecule has 5 heteroatoms. The number of sulfone groups is 1. The Balaban J connectivity index is 2.21. The van der Waals surface area contributed by atoms with E-state index in [0.29, 0.717) is 11.6 Å². The molecule has 2 rings (SSSR count). The lowest BCUT2D eigenvalue weighted by Gasteiger charge is -2.23. The molecule has 1 unspecified atom stereocenters. The fourth-order valence-electron chi connectivity index (χ4n) is 1.69. The molecule has 82 valence electrons. The Bertz CT molecular complexity index is 441. The molecular formula is C10H12ClNO2S. The third kappa shape index (κ3) is 2.71. The predicted molar refractivity (Wildman–Crippen MR) is 60.8 cm³/mol. The maximum Gasteiger partial charge on any atom is 0.153 e. The van der Waals surface area contributed by atoms with Crippen molar-refractivity contribution in [3.63, 3.8) is 0 Å². The molecular weight excluding hydrogens is 234 g/mol. The molecule has 1 N–H and O–H groups in total. The third-order valence-corrected chi connectivity index (χ3v) is 4.42. The standard InChI is InChI=1S/C10H12ClNO2S/c11-9-3-1-8(2-4-9)10-7-15(13,14)6-5-12-10/h1-4,10,12H,5-7H2. The second-order valence-corrected chi connectivity index (χ2v) is 6.34. The van der Waals surface area contributed by atoms with E-state index in [9.17, 15) is 8.42 Å². The average Bonchev–Trinajstić information content (AvgIpc) is 2.17. The summed E-state index contributed by atoms with van der Waals surface area (Å²) in [5.41, 5.74) is 0.975. The predicted octanol–water partition coefficient (Wildman–Crippen LogP) is 1.40. The van der Waals surface area contributed by atoms with Gasteiger partial charge < -0.3 is 5.32 Å². The average molecular weight is 246 g/mol. The molecule has 0 amide bonds. The topological polar surface area (TPSA) is 46.2 Å². The molecule has 0 aliphatic carbocycles. The van der Waals surface area contributed by atoms with Gasteiger partial charge in [0.05, 0.1) is 11.5 Å². The van der Waals surface area contributed by atoms with Crippen LogP contribution in [0.3, 0.4) is 0 Å². The lowest BCUT2D eigenvalue weighted by molar-refractivity contribution is 0.531. The van der Waals surface area contributed by atoms with E-state index in [4.69, 9.17) is 11.6 Å². The quantitative estimate of drug-likeness (QED) is 0.814. The second-order valence-electron chi connectivity index (χ2n) is 3.67. The van der Waals surface area contributed by atoms with Crippen LogP contribution in [0, 0.1) is 0 Å². The zero-order valence-electron chi connectivity index (χ0n) is 8.11. The first-order chi connectivity index (χ1) is 7.07. The molecule has 1 aromatic carbocycles. The number of benzene rings is 1. The largest absolute Gasteiger partial charge is 0.308 e. The fraction of sp³-hybridized carbons (Fsp3) is 0.400. The minimum absolute atomic E-state index is 0.0963. The summed E-state index contributed by atoms with van der Waals surface area (Å²) in [4.78, 5) is 0. The van der Waals surface area contributed by atoms with Crippen LogP contribution in [0.25, 0.3) is 0 Å². The van der Waals surface area contributed by atoms with Crippen molar-refractivity contribution < 1.29 is 8.42 Å². The number of hydrogen-bond acceptors (Lipinski definition) is 3. The highest BCUT2D eigenvalue weighted by atomic mass is 35.5. The van der Waals surface area contributed by atoms with E-state index in [0.717, 1.165) is 5.56 Å². The molecule has 0 bridgehead atoms. The van der Waals surface area contributed by atoms with Crippen LogP contribution in [0.1, 0.15) is 11.6 Å². The van der Waals surface area contributed by atoms with Crippen molar-refractivity contribution in [1.29, 1.82) is 0 Å². The van der Waals surface area contributed by atoms with Gasteiger partial charge in [0, 0.05) is 17.6 Å². The van der Waals surface area contributed by atoms with Crippen molar-refractivity contribution in [3.8, 4) is 0 Å². The van der Waals surface area contributed by atoms with Gasteiger partial charge >= 0.3 is 0 Å². The van der Waals surface area contributed by atoms with E-state index in [1.807, 2.05) is 12.1 Å². The molecule has 3 nitrogen and oxygen atoms in total. The summed E-state index contributed by atoms with van der Waals surface area (Å²) in [5, 5.41) is 3.85. The normalized spacial score (nSPS) is 25.0. The maximum absolute atomic E-state index is 11.4. The van der Waals surface area contributed by atoms with Crippen molar-refractivity contribution in [1.82, 2.24) is 5.32 Å². The van der Waals surface area contributed by atoms with Gasteiger partial charge in [0.1, 0.15) is 0 Å². The monoisotopic (exact) mass is 245 g/mol. The smallest absolute Gasteiger partial charge is 0.153 e. The fourth-order valence-corrected chi connectivity index (χ4v) is 3.23. The Morgan fingerprint density at radius 3 is 2.53 bits per heavy atom. The first kappa shape index (κ1) is 10.9. The Morgan fingerprint density at radius 2 is 1.93 bits per heavy atom. The molecule has 1 fully saturated rings. The second kappa shape index (κ2) is 4.12. The minimum Gasteiger partial charge on any atom is -0.308 e. The van der Waals surface area contributed by atoms with Crippen LogP contribution in [0.15, 0.2) is 24.3 Å². The van der Waals surface area contributed by atoms with Gasteiger partial charge in [-0.1, -0.05) is 23.7 Å². The third-order valence-electron chi connectivity index (χ3n) is 2.50. The summed E-state index contributed by atoms with van der Waals surface area (Å²) in [6.07, 6.45) is 0. The summed E-state index contributed by atoms with van der Waals surface area (Å²) in [5.74, 6) is 0.408. The molecule has 1 aliphatic rings. The molecule has 1 aromatic rings. The first-order valence-corrected chi connectivity index (χ1v) is 6.96. The van der Waals surface area contributed by atoms with Crippen LogP contribution in [0.4, 0.5) is 0 Å². The first-order valence-electron chi connectivity index (χ1n) is 4.76. The number of halogens is 1. The minimum atomic E-state index is -2.89. The molecule has 0 spiro atoms. The van der Waals surface area contributed by atoms with Gasteiger partial charge in [-0.3, -0.25) is 0 Å². The van der Waals surface area contributed by atoms with Gasteiger partial charge in [0.15, 0.2) is 9.84 Å². The molecule has 1 atom stereocenters. The van der Waals surface area contributed by atoms with E-state index in [1.165, 1.54) is 0 Å². The van der Waals surface area contributed by atoms with Crippen LogP contribution < -0.4 is 5.32 Å². The van der Waals surface area contributed by atoms with Crippen LogP contribution in [-0.2, 0) is 9.84 Å². The Morgan fingerprint density at radius 1 is 1.27 bits per heavy atom. The summed E-state index contributed by atoms with van der Waals surface area (Å²) in [6.45, 7) is 0.523. The van der Waals surface area contributed by atoms with Crippen molar-refractivity contribution in [2.24, 2.45) is 0 Å². The lowest BCUT2D eigenvalue weighted by atomic mass is 10.1. The highest BCUT2D eigenvalue weighted by Crippen LogP contribution is 2.20. The van der Waals surface area contributed by atoms with E-state index < -0.39 is 9.84 Å². The van der Waals surface area contributed by atoms with Crippen LogP contribution in [-0.4, -0.2) is 26.5 Å². The molecule has 0 aromatic heterocycles. The van der Waals surface area contributed by atoms with Crippen molar-refractivity contribution in [2.75, 3.05) is 18.1 Å². The van der Waals surface area contributed by atoms with Gasteiger partial charge in [-0.2, -0.15) is 0 Å². The molecule has 1 aliphatic heterocycles. The van der Waals surface area contributed by atoms with E-state index in [-0.39, 0.29) is 17.5 Å². The Labute approximate surface area is 94.4 Å². The van der Waals surface area contributed by atoms with Crippen LogP contribution >= 0.6 is 11.6 Å². The molecule has 1 heterocycles. The van der Waals surface area contributed by atoms with Crippen molar-refractivity contribution >= 4 is 21.4 Å². The summed E-state index contributed by atoms with van der Waals surface area (Å²) >= 11 is 5.77. The van der Waals surface area contributed by atoms with E-state index in [1.54, 1.807) is 12.1 Å². The SMILES string of the molecule is O=S1(=O)CCNC(c2ccc(Cl)cc2)C1. The van der Waals surface area contributed by atoms with E-state index in [2.05, 4.69) is 5.32 Å². The molecule has 0 radical (unpaired) electrons. The molecule has 0 saturated carbocycles. The highest BCUT2D eigenvalue weighted by molar-refractivity contribution is 7.91. The van der Waals surface area contributed by atoms with Gasteiger partial charge in [-0.15, -0.1) is 0 Å². The number of hydrogen-bond donors (Lipinski definition) is 1. The van der Waals surface area contributed by atoms with Gasteiger partial charge in [-0.25, -0.2) is 8.42 Å². The van der Waals surface area contributed by atoms with Gasteiger partial charge in [-0.05, 0) is 17.7 Å². The molecule has 1 saturated heterocycles. The number of nitrogens with one attached hydrogen (secondary N) is 1.